The molecule has 0 atom stereocenters. The molecule has 0 amide bonds. The summed E-state index contributed by atoms with van der Waals surface area (Å²) in [5, 5.41) is 15.2. The van der Waals surface area contributed by atoms with Crippen molar-refractivity contribution in [2.24, 2.45) is 0 Å². The van der Waals surface area contributed by atoms with Gasteiger partial charge in [-0.1, -0.05) is 36.4 Å². The first kappa shape index (κ1) is 17.6. The molecular weight excluding hydrogens is 356 g/mol. The predicted octanol–water partition coefficient (Wildman–Crippen LogP) is 2.95. The van der Waals surface area contributed by atoms with Crippen molar-refractivity contribution in [1.29, 1.82) is 0 Å². The highest BCUT2D eigenvalue weighted by Crippen LogP contribution is 2.26. The summed E-state index contributed by atoms with van der Waals surface area (Å²) in [6, 6.07) is 13.6. The third-order valence-corrected chi connectivity index (χ3v) is 5.34. The monoisotopic (exact) mass is 372 g/mol. The van der Waals surface area contributed by atoms with Crippen LogP contribution < -0.4 is 4.72 Å². The first-order chi connectivity index (χ1) is 12.4. The zero-order valence-corrected chi connectivity index (χ0v) is 14.7. The molecule has 3 rings (SSSR count). The van der Waals surface area contributed by atoms with E-state index in [9.17, 15) is 18.5 Å². The Labute approximate surface area is 150 Å². The zero-order valence-electron chi connectivity index (χ0n) is 13.9. The summed E-state index contributed by atoms with van der Waals surface area (Å²) in [5.74, 6) is 0. The lowest BCUT2D eigenvalue weighted by Crippen LogP contribution is -2.14. The first-order valence-electron chi connectivity index (χ1n) is 7.70. The second-order valence-corrected chi connectivity index (χ2v) is 7.33. The standard InChI is InChI=1S/C17H16N4O4S/c1-13-16(21(22)23)8-5-9-17(13)26(24,25)19-15-10-18-20(12-15)11-14-6-3-2-4-7-14/h2-10,12,19H,11H2,1H3. The third-order valence-electron chi connectivity index (χ3n) is 3.81. The molecule has 0 saturated heterocycles. The fraction of sp³-hybridized carbons (Fsp3) is 0.118. The van der Waals surface area contributed by atoms with Crippen molar-refractivity contribution in [3.05, 3.63) is 82.2 Å². The Morgan fingerprint density at radius 1 is 1.15 bits per heavy atom. The molecule has 0 bridgehead atoms. The Morgan fingerprint density at radius 2 is 1.88 bits per heavy atom. The minimum atomic E-state index is -3.97. The number of nitrogens with one attached hydrogen (secondary N) is 1. The van der Waals surface area contributed by atoms with Gasteiger partial charge in [0, 0.05) is 17.8 Å². The molecular formula is C17H16N4O4S. The van der Waals surface area contributed by atoms with E-state index in [1.807, 2.05) is 30.3 Å². The van der Waals surface area contributed by atoms with Gasteiger partial charge in [0.2, 0.25) is 0 Å². The molecule has 1 aromatic heterocycles. The van der Waals surface area contributed by atoms with Gasteiger partial charge in [-0.15, -0.1) is 0 Å². The minimum absolute atomic E-state index is 0.0849. The Kier molecular flexibility index (Phi) is 4.72. The molecule has 26 heavy (non-hydrogen) atoms. The maximum atomic E-state index is 12.6. The molecule has 0 aliphatic carbocycles. The highest BCUT2D eigenvalue weighted by atomic mass is 32.2. The van der Waals surface area contributed by atoms with Crippen molar-refractivity contribution in [3.8, 4) is 0 Å². The van der Waals surface area contributed by atoms with E-state index in [-0.39, 0.29) is 21.8 Å². The number of sulfonamides is 1. The van der Waals surface area contributed by atoms with Crippen molar-refractivity contribution in [1.82, 2.24) is 9.78 Å². The SMILES string of the molecule is Cc1c([N+](=O)[O-])cccc1S(=O)(=O)Nc1cnn(Cc2ccccc2)c1. The molecule has 134 valence electrons. The summed E-state index contributed by atoms with van der Waals surface area (Å²) in [5.41, 5.74) is 1.15. The van der Waals surface area contributed by atoms with Crippen LogP contribution in [0.1, 0.15) is 11.1 Å². The van der Waals surface area contributed by atoms with Crippen LogP contribution in [0.5, 0.6) is 0 Å². The fourth-order valence-corrected chi connectivity index (χ4v) is 3.87. The highest BCUT2D eigenvalue weighted by Gasteiger charge is 2.23. The average molecular weight is 372 g/mol. The number of nitrogens with zero attached hydrogens (tertiary/aromatic N) is 3. The largest absolute Gasteiger partial charge is 0.276 e. The Morgan fingerprint density at radius 3 is 2.58 bits per heavy atom. The number of benzene rings is 2. The van der Waals surface area contributed by atoms with Crippen LogP contribution in [0, 0.1) is 17.0 Å². The number of hydrogen-bond acceptors (Lipinski definition) is 5. The normalized spacial score (nSPS) is 11.3. The Balaban J connectivity index is 1.83. The number of aromatic nitrogens is 2. The van der Waals surface area contributed by atoms with Crippen LogP contribution in [-0.4, -0.2) is 23.1 Å². The quantitative estimate of drug-likeness (QED) is 0.529. The third kappa shape index (κ3) is 3.72. The van der Waals surface area contributed by atoms with Crippen LogP contribution in [0.3, 0.4) is 0 Å². The maximum absolute atomic E-state index is 12.6. The van der Waals surface area contributed by atoms with E-state index in [2.05, 4.69) is 9.82 Å². The summed E-state index contributed by atoms with van der Waals surface area (Å²) in [7, 11) is -3.97. The van der Waals surface area contributed by atoms with Crippen molar-refractivity contribution < 1.29 is 13.3 Å². The van der Waals surface area contributed by atoms with Gasteiger partial charge in [-0.05, 0) is 18.6 Å². The smallest absolute Gasteiger partial charge is 0.273 e. The van der Waals surface area contributed by atoms with E-state index in [0.29, 0.717) is 6.54 Å². The van der Waals surface area contributed by atoms with E-state index in [4.69, 9.17) is 0 Å². The molecule has 1 heterocycles. The van der Waals surface area contributed by atoms with E-state index in [1.165, 1.54) is 31.3 Å². The van der Waals surface area contributed by atoms with E-state index in [1.54, 1.807) is 10.9 Å². The van der Waals surface area contributed by atoms with E-state index >= 15 is 0 Å². The lowest BCUT2D eigenvalue weighted by Gasteiger charge is -2.08. The second kappa shape index (κ2) is 6.96. The number of nitro groups is 1. The van der Waals surface area contributed by atoms with Crippen LogP contribution in [0.25, 0.3) is 0 Å². The highest BCUT2D eigenvalue weighted by molar-refractivity contribution is 7.92. The Hall–Kier alpha value is -3.20. The van der Waals surface area contributed by atoms with Crippen molar-refractivity contribution in [3.63, 3.8) is 0 Å². The van der Waals surface area contributed by atoms with Crippen LogP contribution >= 0.6 is 0 Å². The van der Waals surface area contributed by atoms with Crippen LogP contribution in [0.4, 0.5) is 11.4 Å². The van der Waals surface area contributed by atoms with Crippen LogP contribution in [0.2, 0.25) is 0 Å². The Bertz CT molecular complexity index is 1050. The van der Waals surface area contributed by atoms with Crippen molar-refractivity contribution >= 4 is 21.4 Å². The lowest BCUT2D eigenvalue weighted by atomic mass is 10.2. The maximum Gasteiger partial charge on any atom is 0.273 e. The van der Waals surface area contributed by atoms with Gasteiger partial charge in [-0.2, -0.15) is 5.10 Å². The molecule has 0 saturated carbocycles. The van der Waals surface area contributed by atoms with Gasteiger partial charge in [0.05, 0.1) is 28.2 Å². The topological polar surface area (TPSA) is 107 Å². The van der Waals surface area contributed by atoms with Gasteiger partial charge < -0.3 is 0 Å². The molecule has 3 aromatic rings. The number of rotatable bonds is 6. The fourth-order valence-electron chi connectivity index (χ4n) is 2.58. The predicted molar refractivity (Wildman–Crippen MR) is 96.4 cm³/mol. The molecule has 0 fully saturated rings. The first-order valence-corrected chi connectivity index (χ1v) is 9.18. The van der Waals surface area contributed by atoms with Gasteiger partial charge >= 0.3 is 0 Å². The van der Waals surface area contributed by atoms with Gasteiger partial charge in [-0.3, -0.25) is 19.5 Å². The zero-order chi connectivity index (χ0) is 18.7. The molecule has 0 unspecified atom stereocenters. The van der Waals surface area contributed by atoms with Gasteiger partial charge in [0.15, 0.2) is 0 Å². The van der Waals surface area contributed by atoms with Crippen molar-refractivity contribution in [2.45, 2.75) is 18.4 Å². The second-order valence-electron chi connectivity index (χ2n) is 5.68. The minimum Gasteiger partial charge on any atom is -0.276 e. The van der Waals surface area contributed by atoms with E-state index < -0.39 is 14.9 Å². The van der Waals surface area contributed by atoms with Gasteiger partial charge in [0.1, 0.15) is 0 Å². The number of hydrogen-bond donors (Lipinski definition) is 1. The lowest BCUT2D eigenvalue weighted by molar-refractivity contribution is -0.385. The molecule has 0 radical (unpaired) electrons. The average Bonchev–Trinajstić information content (AvgIpc) is 3.01. The van der Waals surface area contributed by atoms with Gasteiger partial charge in [0.25, 0.3) is 15.7 Å². The summed E-state index contributed by atoms with van der Waals surface area (Å²) >= 11 is 0. The van der Waals surface area contributed by atoms with E-state index in [0.717, 1.165) is 5.56 Å². The molecule has 0 spiro atoms. The molecule has 0 aliphatic heterocycles. The van der Waals surface area contributed by atoms with Crippen LogP contribution in [0.15, 0.2) is 65.8 Å². The molecule has 9 heteroatoms. The van der Waals surface area contributed by atoms with Gasteiger partial charge in [-0.25, -0.2) is 8.42 Å². The number of anilines is 1. The molecule has 1 N–H and O–H groups in total. The van der Waals surface area contributed by atoms with Crippen molar-refractivity contribution in [2.75, 3.05) is 4.72 Å². The summed E-state index contributed by atoms with van der Waals surface area (Å²) in [6.45, 7) is 1.91. The number of nitro benzene ring substituents is 1. The molecule has 0 aliphatic rings. The summed E-state index contributed by atoms with van der Waals surface area (Å²) in [6.07, 6.45) is 2.96. The van der Waals surface area contributed by atoms with Crippen LogP contribution in [-0.2, 0) is 16.6 Å². The summed E-state index contributed by atoms with van der Waals surface area (Å²) < 4.78 is 29.2. The molecule has 2 aromatic carbocycles. The summed E-state index contributed by atoms with van der Waals surface area (Å²) in [4.78, 5) is 10.3. The molecule has 8 nitrogen and oxygen atoms in total.